The van der Waals surface area contributed by atoms with Crippen LogP contribution in [0.15, 0.2) is 30.3 Å². The standard InChI is InChI=1S/C16H17N3O2/c1-4-21-14-8-6-12-16(18-14)19-15(17-12)11-9-10(2)5-7-13(11)20-3/h5-9H,4H2,1-3H3,(H,17,18,19). The van der Waals surface area contributed by atoms with E-state index in [4.69, 9.17) is 9.47 Å². The van der Waals surface area contributed by atoms with Gasteiger partial charge in [0.15, 0.2) is 5.65 Å². The first kappa shape index (κ1) is 13.4. The lowest BCUT2D eigenvalue weighted by Crippen LogP contribution is -1.93. The average molecular weight is 283 g/mol. The molecule has 0 aliphatic carbocycles. The highest BCUT2D eigenvalue weighted by Gasteiger charge is 2.12. The lowest BCUT2D eigenvalue weighted by molar-refractivity contribution is 0.328. The summed E-state index contributed by atoms with van der Waals surface area (Å²) >= 11 is 0. The predicted octanol–water partition coefficient (Wildman–Crippen LogP) is 3.34. The minimum Gasteiger partial charge on any atom is -0.496 e. The van der Waals surface area contributed by atoms with Gasteiger partial charge in [0, 0.05) is 6.07 Å². The minimum absolute atomic E-state index is 0.583. The normalized spacial score (nSPS) is 10.8. The van der Waals surface area contributed by atoms with E-state index in [2.05, 4.69) is 15.0 Å². The Morgan fingerprint density at radius 3 is 2.76 bits per heavy atom. The van der Waals surface area contributed by atoms with Crippen molar-refractivity contribution in [3.05, 3.63) is 35.9 Å². The van der Waals surface area contributed by atoms with Crippen molar-refractivity contribution in [2.45, 2.75) is 13.8 Å². The number of hydrogen-bond donors (Lipinski definition) is 1. The van der Waals surface area contributed by atoms with Crippen molar-refractivity contribution >= 4 is 11.2 Å². The summed E-state index contributed by atoms with van der Waals surface area (Å²) in [6.45, 7) is 4.55. The molecule has 2 heterocycles. The number of aryl methyl sites for hydroxylation is 1. The molecular formula is C16H17N3O2. The van der Waals surface area contributed by atoms with E-state index in [0.29, 0.717) is 18.1 Å². The van der Waals surface area contributed by atoms with Crippen molar-refractivity contribution in [2.24, 2.45) is 0 Å². The Bertz CT molecular complexity index is 780. The number of aromatic nitrogens is 3. The van der Waals surface area contributed by atoms with Crippen LogP contribution in [0, 0.1) is 6.92 Å². The highest BCUT2D eigenvalue weighted by Crippen LogP contribution is 2.30. The monoisotopic (exact) mass is 283 g/mol. The summed E-state index contributed by atoms with van der Waals surface area (Å²) in [5.74, 6) is 2.11. The summed E-state index contributed by atoms with van der Waals surface area (Å²) in [7, 11) is 1.66. The quantitative estimate of drug-likeness (QED) is 0.797. The van der Waals surface area contributed by atoms with Crippen LogP contribution in [0.25, 0.3) is 22.6 Å². The fourth-order valence-corrected chi connectivity index (χ4v) is 2.24. The van der Waals surface area contributed by atoms with Gasteiger partial charge in [-0.3, -0.25) is 0 Å². The molecule has 3 rings (SSSR count). The number of H-pyrrole nitrogens is 1. The number of aromatic amines is 1. The number of benzene rings is 1. The molecule has 0 atom stereocenters. The van der Waals surface area contributed by atoms with Gasteiger partial charge in [-0.1, -0.05) is 11.6 Å². The summed E-state index contributed by atoms with van der Waals surface area (Å²) in [6, 6.07) is 9.75. The first-order valence-corrected chi connectivity index (χ1v) is 6.86. The van der Waals surface area contributed by atoms with Crippen LogP contribution < -0.4 is 9.47 Å². The second-order valence-electron chi connectivity index (χ2n) is 4.74. The minimum atomic E-state index is 0.583. The van der Waals surface area contributed by atoms with Crippen LogP contribution >= 0.6 is 0 Å². The van der Waals surface area contributed by atoms with Gasteiger partial charge in [0.05, 0.1) is 24.8 Å². The van der Waals surface area contributed by atoms with E-state index in [9.17, 15) is 0 Å². The van der Waals surface area contributed by atoms with Crippen molar-refractivity contribution in [3.8, 4) is 23.0 Å². The Kier molecular flexibility index (Phi) is 3.48. The Hall–Kier alpha value is -2.56. The van der Waals surface area contributed by atoms with Gasteiger partial charge in [-0.15, -0.1) is 0 Å². The van der Waals surface area contributed by atoms with Gasteiger partial charge in [0.1, 0.15) is 11.6 Å². The Morgan fingerprint density at radius 2 is 2.00 bits per heavy atom. The van der Waals surface area contributed by atoms with Crippen molar-refractivity contribution in [1.82, 2.24) is 15.0 Å². The van der Waals surface area contributed by atoms with Gasteiger partial charge in [-0.2, -0.15) is 4.98 Å². The third kappa shape index (κ3) is 2.54. The molecule has 0 aliphatic heterocycles. The molecule has 0 bridgehead atoms. The number of methoxy groups -OCH3 is 1. The van der Waals surface area contributed by atoms with Gasteiger partial charge in [0.25, 0.3) is 0 Å². The van der Waals surface area contributed by atoms with Crippen LogP contribution in [-0.4, -0.2) is 28.7 Å². The predicted molar refractivity (Wildman–Crippen MR) is 81.8 cm³/mol. The van der Waals surface area contributed by atoms with E-state index in [0.717, 1.165) is 28.2 Å². The van der Waals surface area contributed by atoms with E-state index in [1.807, 2.05) is 44.2 Å². The summed E-state index contributed by atoms with van der Waals surface area (Å²) in [5.41, 5.74) is 3.58. The Labute approximate surface area is 123 Å². The number of nitrogens with one attached hydrogen (secondary N) is 1. The van der Waals surface area contributed by atoms with E-state index in [-0.39, 0.29) is 0 Å². The first-order chi connectivity index (χ1) is 10.2. The Morgan fingerprint density at radius 1 is 1.14 bits per heavy atom. The van der Waals surface area contributed by atoms with Gasteiger partial charge >= 0.3 is 0 Å². The lowest BCUT2D eigenvalue weighted by Gasteiger charge is -2.06. The maximum Gasteiger partial charge on any atom is 0.215 e. The van der Waals surface area contributed by atoms with Crippen LogP contribution in [0.2, 0.25) is 0 Å². The molecule has 1 aromatic carbocycles. The zero-order valence-corrected chi connectivity index (χ0v) is 12.3. The topological polar surface area (TPSA) is 60.0 Å². The fraction of sp³-hybridized carbons (Fsp3) is 0.250. The van der Waals surface area contributed by atoms with Crippen LogP contribution in [0.5, 0.6) is 11.6 Å². The summed E-state index contributed by atoms with van der Waals surface area (Å²) in [5, 5.41) is 0. The summed E-state index contributed by atoms with van der Waals surface area (Å²) in [6.07, 6.45) is 0. The van der Waals surface area contributed by atoms with Gasteiger partial charge < -0.3 is 14.5 Å². The smallest absolute Gasteiger partial charge is 0.215 e. The zero-order chi connectivity index (χ0) is 14.8. The number of fused-ring (bicyclic) bond motifs is 1. The number of hydrogen-bond acceptors (Lipinski definition) is 4. The molecule has 0 aliphatic rings. The van der Waals surface area contributed by atoms with Gasteiger partial charge in [-0.05, 0) is 32.0 Å². The van der Waals surface area contributed by atoms with E-state index in [1.165, 1.54) is 0 Å². The van der Waals surface area contributed by atoms with E-state index >= 15 is 0 Å². The third-order valence-electron chi connectivity index (χ3n) is 3.22. The SMILES string of the molecule is CCOc1ccc2[nH]c(-c3cc(C)ccc3OC)nc2n1. The van der Waals surface area contributed by atoms with Gasteiger partial charge in [-0.25, -0.2) is 4.98 Å². The number of imidazole rings is 1. The number of rotatable bonds is 4. The molecule has 1 N–H and O–H groups in total. The average Bonchev–Trinajstić information content (AvgIpc) is 2.90. The highest BCUT2D eigenvalue weighted by molar-refractivity contribution is 5.78. The maximum atomic E-state index is 5.41. The Balaban J connectivity index is 2.10. The zero-order valence-electron chi connectivity index (χ0n) is 12.3. The molecule has 5 heteroatoms. The summed E-state index contributed by atoms with van der Waals surface area (Å²) in [4.78, 5) is 12.2. The van der Waals surface area contributed by atoms with Crippen molar-refractivity contribution in [3.63, 3.8) is 0 Å². The molecular weight excluding hydrogens is 266 g/mol. The largest absolute Gasteiger partial charge is 0.496 e. The molecule has 0 fully saturated rings. The second-order valence-corrected chi connectivity index (χ2v) is 4.74. The molecule has 2 aromatic heterocycles. The molecule has 0 unspecified atom stereocenters. The third-order valence-corrected chi connectivity index (χ3v) is 3.22. The van der Waals surface area contributed by atoms with Crippen LogP contribution in [0.1, 0.15) is 12.5 Å². The molecule has 21 heavy (non-hydrogen) atoms. The van der Waals surface area contributed by atoms with Crippen molar-refractivity contribution < 1.29 is 9.47 Å². The van der Waals surface area contributed by atoms with Crippen LogP contribution in [0.3, 0.4) is 0 Å². The fourth-order valence-electron chi connectivity index (χ4n) is 2.24. The molecule has 0 spiro atoms. The second kappa shape index (κ2) is 5.44. The molecule has 0 radical (unpaired) electrons. The van der Waals surface area contributed by atoms with Crippen LogP contribution in [-0.2, 0) is 0 Å². The molecule has 108 valence electrons. The van der Waals surface area contributed by atoms with E-state index in [1.54, 1.807) is 7.11 Å². The molecule has 0 saturated heterocycles. The number of ether oxygens (including phenoxy) is 2. The number of nitrogens with zero attached hydrogens (tertiary/aromatic N) is 2. The number of pyridine rings is 1. The highest BCUT2D eigenvalue weighted by atomic mass is 16.5. The van der Waals surface area contributed by atoms with Crippen LogP contribution in [0.4, 0.5) is 0 Å². The molecule has 5 nitrogen and oxygen atoms in total. The molecule has 0 saturated carbocycles. The first-order valence-electron chi connectivity index (χ1n) is 6.86. The molecule has 3 aromatic rings. The molecule has 0 amide bonds. The van der Waals surface area contributed by atoms with Crippen molar-refractivity contribution in [1.29, 1.82) is 0 Å². The summed E-state index contributed by atoms with van der Waals surface area (Å²) < 4.78 is 10.8. The lowest BCUT2D eigenvalue weighted by atomic mass is 10.1. The maximum absolute atomic E-state index is 5.41. The van der Waals surface area contributed by atoms with Gasteiger partial charge in [0.2, 0.25) is 5.88 Å². The van der Waals surface area contributed by atoms with E-state index < -0.39 is 0 Å². The van der Waals surface area contributed by atoms with Crippen molar-refractivity contribution in [2.75, 3.05) is 13.7 Å².